The molecule has 8 nitrogen and oxygen atoms in total. The largest absolute Gasteiger partial charge is 0.494 e. The van der Waals surface area contributed by atoms with Gasteiger partial charge in [0.2, 0.25) is 5.91 Å². The highest BCUT2D eigenvalue weighted by Gasteiger charge is 2.37. The summed E-state index contributed by atoms with van der Waals surface area (Å²) in [5.41, 5.74) is 3.80. The van der Waals surface area contributed by atoms with Crippen molar-refractivity contribution in [3.63, 3.8) is 0 Å². The Bertz CT molecular complexity index is 938. The van der Waals surface area contributed by atoms with Gasteiger partial charge in [0, 0.05) is 32.2 Å². The molecule has 2 aromatic rings. The minimum absolute atomic E-state index is 0.0574. The molecule has 2 amide bonds. The highest BCUT2D eigenvalue weighted by molar-refractivity contribution is 5.88. The van der Waals surface area contributed by atoms with Gasteiger partial charge < -0.3 is 14.7 Å². The number of benzene rings is 2. The van der Waals surface area contributed by atoms with Crippen molar-refractivity contribution >= 4 is 11.8 Å². The van der Waals surface area contributed by atoms with Crippen LogP contribution in [0.3, 0.4) is 0 Å². The molecule has 0 bridgehead atoms. The van der Waals surface area contributed by atoms with E-state index in [4.69, 9.17) is 9.94 Å². The summed E-state index contributed by atoms with van der Waals surface area (Å²) in [5, 5.41) is 19.6. The first-order valence-corrected chi connectivity index (χ1v) is 12.3. The minimum Gasteiger partial charge on any atom is -0.494 e. The summed E-state index contributed by atoms with van der Waals surface area (Å²) in [6, 6.07) is 17.9. The number of aliphatic hydroxyl groups is 1. The molecule has 8 heteroatoms. The van der Waals surface area contributed by atoms with Crippen LogP contribution in [0.2, 0.25) is 0 Å². The third kappa shape index (κ3) is 7.52. The number of aliphatic hydroxyl groups excluding tert-OH is 1. The highest BCUT2D eigenvalue weighted by atomic mass is 16.5. The zero-order valence-corrected chi connectivity index (χ0v) is 20.6. The third-order valence-electron chi connectivity index (χ3n) is 6.54. The maximum atomic E-state index is 13.5. The molecule has 1 fully saturated rings. The Kier molecular flexibility index (Phi) is 10.1. The Morgan fingerprint density at radius 1 is 1.09 bits per heavy atom. The summed E-state index contributed by atoms with van der Waals surface area (Å²) in [5.74, 6) is -1.33. The van der Waals surface area contributed by atoms with Crippen molar-refractivity contribution in [2.45, 2.75) is 51.8 Å². The maximum Gasteiger partial charge on any atom is 0.272 e. The van der Waals surface area contributed by atoms with Gasteiger partial charge in [-0.2, -0.15) is 0 Å². The van der Waals surface area contributed by atoms with E-state index in [1.165, 1.54) is 11.0 Å². The average Bonchev–Trinajstić information content (AvgIpc) is 2.87. The summed E-state index contributed by atoms with van der Waals surface area (Å²) >= 11 is 0. The van der Waals surface area contributed by atoms with E-state index >= 15 is 0 Å². The Labute approximate surface area is 207 Å². The molecule has 1 saturated heterocycles. The van der Waals surface area contributed by atoms with Gasteiger partial charge in [-0.1, -0.05) is 42.5 Å². The van der Waals surface area contributed by atoms with Crippen molar-refractivity contribution in [2.24, 2.45) is 5.92 Å². The zero-order chi connectivity index (χ0) is 25.2. The van der Waals surface area contributed by atoms with Gasteiger partial charge in [0.1, 0.15) is 11.9 Å². The van der Waals surface area contributed by atoms with Crippen molar-refractivity contribution in [3.05, 3.63) is 65.7 Å². The molecule has 2 aromatic carbocycles. The number of piperazine rings is 1. The van der Waals surface area contributed by atoms with Crippen LogP contribution in [-0.2, 0) is 22.6 Å². The molecule has 0 spiro atoms. The van der Waals surface area contributed by atoms with Gasteiger partial charge in [0.25, 0.3) is 5.91 Å². The van der Waals surface area contributed by atoms with E-state index in [-0.39, 0.29) is 11.9 Å². The maximum absolute atomic E-state index is 13.5. The number of hydroxylamine groups is 1. The van der Waals surface area contributed by atoms with Crippen LogP contribution in [0.25, 0.3) is 0 Å². The summed E-state index contributed by atoms with van der Waals surface area (Å²) < 4.78 is 5.47. The van der Waals surface area contributed by atoms with Gasteiger partial charge in [-0.25, -0.2) is 5.48 Å². The number of carbonyl (C=O) groups excluding carboxylic acids is 2. The third-order valence-corrected chi connectivity index (χ3v) is 6.54. The molecule has 3 rings (SSSR count). The summed E-state index contributed by atoms with van der Waals surface area (Å²) in [6.07, 6.45) is 0.0341. The van der Waals surface area contributed by atoms with Gasteiger partial charge in [0.05, 0.1) is 12.5 Å². The van der Waals surface area contributed by atoms with E-state index in [1.807, 2.05) is 56.3 Å². The first kappa shape index (κ1) is 26.7. The fourth-order valence-corrected chi connectivity index (χ4v) is 4.67. The number of aryl methyl sites for hydroxylation is 1. The number of carbonyl (C=O) groups is 2. The predicted molar refractivity (Wildman–Crippen MR) is 133 cm³/mol. The fourth-order valence-electron chi connectivity index (χ4n) is 4.67. The lowest BCUT2D eigenvalue weighted by Gasteiger charge is -2.41. The van der Waals surface area contributed by atoms with Crippen LogP contribution in [0.5, 0.6) is 5.75 Å². The molecule has 35 heavy (non-hydrogen) atoms. The van der Waals surface area contributed by atoms with Crippen molar-refractivity contribution in [1.29, 1.82) is 0 Å². The molecule has 0 aliphatic carbocycles. The molecule has 1 heterocycles. The van der Waals surface area contributed by atoms with Gasteiger partial charge in [-0.3, -0.25) is 19.7 Å². The van der Waals surface area contributed by atoms with Gasteiger partial charge in [0.15, 0.2) is 0 Å². The molecule has 0 radical (unpaired) electrons. The van der Waals surface area contributed by atoms with Crippen LogP contribution in [0.1, 0.15) is 37.8 Å². The van der Waals surface area contributed by atoms with Gasteiger partial charge >= 0.3 is 0 Å². The van der Waals surface area contributed by atoms with E-state index in [1.54, 1.807) is 4.90 Å². The van der Waals surface area contributed by atoms with Crippen molar-refractivity contribution in [3.8, 4) is 5.75 Å². The molecule has 3 atom stereocenters. The Morgan fingerprint density at radius 3 is 2.43 bits per heavy atom. The summed E-state index contributed by atoms with van der Waals surface area (Å²) in [6.45, 7) is 7.29. The average molecular weight is 484 g/mol. The molecule has 3 N–H and O–H groups in total. The van der Waals surface area contributed by atoms with E-state index in [2.05, 4.69) is 17.0 Å². The molecule has 190 valence electrons. The van der Waals surface area contributed by atoms with Gasteiger partial charge in [-0.05, 0) is 56.4 Å². The van der Waals surface area contributed by atoms with E-state index in [0.29, 0.717) is 45.5 Å². The van der Waals surface area contributed by atoms with Crippen LogP contribution in [0.4, 0.5) is 0 Å². The quantitative estimate of drug-likeness (QED) is 0.335. The fraction of sp³-hybridized carbons (Fsp3) is 0.481. The minimum atomic E-state index is -1.61. The first-order chi connectivity index (χ1) is 16.9. The number of rotatable bonds is 11. The zero-order valence-electron chi connectivity index (χ0n) is 20.6. The lowest BCUT2D eigenvalue weighted by Crippen LogP contribution is -2.57. The number of ether oxygens (including phenoxy) is 1. The van der Waals surface area contributed by atoms with Crippen LogP contribution < -0.4 is 10.2 Å². The second-order valence-corrected chi connectivity index (χ2v) is 9.10. The van der Waals surface area contributed by atoms with Crippen LogP contribution in [0.15, 0.2) is 54.6 Å². The second kappa shape index (κ2) is 13.2. The molecule has 1 aliphatic rings. The molecule has 0 unspecified atom stereocenters. The topological polar surface area (TPSA) is 102 Å². The first-order valence-electron chi connectivity index (χ1n) is 12.3. The molecular formula is C27H37N3O5. The smallest absolute Gasteiger partial charge is 0.272 e. The second-order valence-electron chi connectivity index (χ2n) is 9.10. The monoisotopic (exact) mass is 483 g/mol. The normalized spacial score (nSPS) is 18.1. The number of nitrogens with one attached hydrogen (secondary N) is 1. The predicted octanol–water partition coefficient (Wildman–Crippen LogP) is 2.62. The van der Waals surface area contributed by atoms with Crippen LogP contribution in [0, 0.1) is 5.92 Å². The Morgan fingerprint density at radius 2 is 1.80 bits per heavy atom. The lowest BCUT2D eigenvalue weighted by atomic mass is 9.91. The number of nitrogens with zero attached hydrogens (tertiary/aromatic N) is 2. The van der Waals surface area contributed by atoms with E-state index < -0.39 is 17.9 Å². The number of hydrogen-bond acceptors (Lipinski definition) is 6. The number of amides is 2. The molecule has 0 aromatic heterocycles. The van der Waals surface area contributed by atoms with Crippen molar-refractivity contribution < 1.29 is 24.6 Å². The lowest BCUT2D eigenvalue weighted by molar-refractivity contribution is -0.153. The van der Waals surface area contributed by atoms with Crippen LogP contribution in [-0.4, -0.2) is 70.3 Å². The molecule has 0 saturated carbocycles. The highest BCUT2D eigenvalue weighted by Crippen LogP contribution is 2.23. The van der Waals surface area contributed by atoms with E-state index in [9.17, 15) is 14.7 Å². The summed E-state index contributed by atoms with van der Waals surface area (Å²) in [4.78, 5) is 29.5. The van der Waals surface area contributed by atoms with E-state index in [0.717, 1.165) is 17.9 Å². The molecule has 1 aliphatic heterocycles. The van der Waals surface area contributed by atoms with Crippen molar-refractivity contribution in [1.82, 2.24) is 15.3 Å². The SMILES string of the molecule is CCOc1ccc(CCC[C@@H](C(=O)N2CCN(Cc3ccccc3)C[C@@H]2C)[C@H](O)C(=O)NO)cc1. The van der Waals surface area contributed by atoms with Gasteiger partial charge in [-0.15, -0.1) is 0 Å². The van der Waals surface area contributed by atoms with Crippen LogP contribution >= 0.6 is 0 Å². The molecular weight excluding hydrogens is 446 g/mol. The Balaban J connectivity index is 1.60. The van der Waals surface area contributed by atoms with Crippen molar-refractivity contribution in [2.75, 3.05) is 26.2 Å². The standard InChI is InChI=1S/C27H37N3O5/c1-3-35-23-14-12-21(13-15-23)10-7-11-24(25(31)26(32)28-34)27(33)30-17-16-29(18-20(30)2)19-22-8-5-4-6-9-22/h4-6,8-9,12-15,20,24-25,31,34H,3,7,10-11,16-19H2,1-2H3,(H,28,32)/t20-,24+,25-/m0/s1. The summed E-state index contributed by atoms with van der Waals surface area (Å²) in [7, 11) is 0. The number of hydrogen-bond donors (Lipinski definition) is 3. The Hall–Kier alpha value is -2.94.